The molecule has 1 aliphatic heterocycles. The number of nitrogens with zero attached hydrogens (tertiary/aromatic N) is 1. The largest absolute Gasteiger partial charge is 0.491 e. The van der Waals surface area contributed by atoms with Crippen molar-refractivity contribution in [2.75, 3.05) is 26.3 Å². The van der Waals surface area contributed by atoms with Crippen LogP contribution in [0.4, 0.5) is 0 Å². The molecule has 2 aromatic rings. The number of nitrogens with one attached hydrogen (secondary N) is 1. The lowest BCUT2D eigenvalue weighted by atomic mass is 10.2. The maximum Gasteiger partial charge on any atom is 0.169 e. The molecule has 1 saturated heterocycles. The number of rotatable bonds is 5. The van der Waals surface area contributed by atoms with Crippen LogP contribution in [0.25, 0.3) is 0 Å². The lowest BCUT2D eigenvalue weighted by Crippen LogP contribution is -2.50. The number of ether oxygens (including phenoxy) is 2. The highest BCUT2D eigenvalue weighted by Crippen LogP contribution is 2.14. The van der Waals surface area contributed by atoms with Crippen LogP contribution in [0.3, 0.4) is 0 Å². The molecule has 0 aliphatic carbocycles. The second-order valence-electron chi connectivity index (χ2n) is 5.66. The summed E-state index contributed by atoms with van der Waals surface area (Å²) in [6.07, 6.45) is 7.01. The third-order valence-electron chi connectivity index (χ3n) is 3.86. The molecule has 1 unspecified atom stereocenters. The Bertz CT molecular complexity index is 739. The van der Waals surface area contributed by atoms with Crippen LogP contribution in [0.5, 0.6) is 5.75 Å². The van der Waals surface area contributed by atoms with E-state index in [4.69, 9.17) is 32.5 Å². The van der Waals surface area contributed by atoms with Crippen LogP contribution >= 0.6 is 12.2 Å². The first-order chi connectivity index (χ1) is 12.2. The van der Waals surface area contributed by atoms with Crippen molar-refractivity contribution in [2.24, 2.45) is 0 Å². The van der Waals surface area contributed by atoms with Gasteiger partial charge in [0.2, 0.25) is 0 Å². The second kappa shape index (κ2) is 8.56. The normalized spacial score (nSPS) is 16.9. The van der Waals surface area contributed by atoms with Crippen LogP contribution in [0, 0.1) is 12.3 Å². The Kier molecular flexibility index (Phi) is 5.94. The van der Waals surface area contributed by atoms with E-state index < -0.39 is 0 Å². The molecule has 0 saturated carbocycles. The van der Waals surface area contributed by atoms with E-state index in [1.165, 1.54) is 0 Å². The van der Waals surface area contributed by atoms with Gasteiger partial charge in [0.25, 0.3) is 0 Å². The Labute approximate surface area is 152 Å². The summed E-state index contributed by atoms with van der Waals surface area (Å²) in [5, 5.41) is 3.90. The number of hydrogen-bond acceptors (Lipinski definition) is 4. The molecule has 1 fully saturated rings. The van der Waals surface area contributed by atoms with Crippen molar-refractivity contribution in [3.05, 3.63) is 54.0 Å². The molecule has 25 heavy (non-hydrogen) atoms. The van der Waals surface area contributed by atoms with Crippen LogP contribution in [-0.2, 0) is 11.3 Å². The van der Waals surface area contributed by atoms with Crippen LogP contribution in [0.15, 0.2) is 47.1 Å². The van der Waals surface area contributed by atoms with E-state index in [0.717, 1.165) is 23.6 Å². The molecule has 6 heteroatoms. The smallest absolute Gasteiger partial charge is 0.169 e. The van der Waals surface area contributed by atoms with Crippen molar-refractivity contribution in [1.82, 2.24) is 10.2 Å². The van der Waals surface area contributed by atoms with Gasteiger partial charge in [0.1, 0.15) is 24.2 Å². The molecular weight excluding hydrogens is 336 g/mol. The third-order valence-corrected chi connectivity index (χ3v) is 4.26. The van der Waals surface area contributed by atoms with E-state index in [1.807, 2.05) is 36.4 Å². The van der Waals surface area contributed by atoms with Crippen LogP contribution in [0.1, 0.15) is 11.3 Å². The van der Waals surface area contributed by atoms with Gasteiger partial charge in [-0.15, -0.1) is 6.42 Å². The molecular formula is C19H20N2O3S. The fourth-order valence-electron chi connectivity index (χ4n) is 2.56. The average Bonchev–Trinajstić information content (AvgIpc) is 3.18. The number of furan rings is 1. The molecule has 130 valence electrons. The Morgan fingerprint density at radius 3 is 3.12 bits per heavy atom. The Balaban J connectivity index is 1.47. The van der Waals surface area contributed by atoms with Gasteiger partial charge in [-0.05, 0) is 42.5 Å². The maximum atomic E-state index is 5.81. The van der Waals surface area contributed by atoms with Crippen molar-refractivity contribution in [2.45, 2.75) is 12.6 Å². The minimum absolute atomic E-state index is 0.0494. The summed E-state index contributed by atoms with van der Waals surface area (Å²) in [5.41, 5.74) is 0.798. The van der Waals surface area contributed by atoms with E-state index in [0.29, 0.717) is 31.4 Å². The van der Waals surface area contributed by atoms with Gasteiger partial charge in [-0.3, -0.25) is 0 Å². The van der Waals surface area contributed by atoms with Gasteiger partial charge in [0, 0.05) is 18.7 Å². The Hall–Kier alpha value is -2.49. The van der Waals surface area contributed by atoms with E-state index in [9.17, 15) is 0 Å². The highest BCUT2D eigenvalue weighted by Gasteiger charge is 2.23. The highest BCUT2D eigenvalue weighted by molar-refractivity contribution is 7.80. The zero-order chi connectivity index (χ0) is 17.5. The van der Waals surface area contributed by atoms with Gasteiger partial charge in [-0.25, -0.2) is 0 Å². The number of hydrogen-bond donors (Lipinski definition) is 1. The molecule has 1 N–H and O–H groups in total. The highest BCUT2D eigenvalue weighted by atomic mass is 32.1. The molecule has 0 bridgehead atoms. The predicted octanol–water partition coefficient (Wildman–Crippen LogP) is 2.42. The first-order valence-electron chi connectivity index (χ1n) is 8.11. The van der Waals surface area contributed by atoms with Gasteiger partial charge >= 0.3 is 0 Å². The summed E-state index contributed by atoms with van der Waals surface area (Å²) in [7, 11) is 0. The van der Waals surface area contributed by atoms with Crippen molar-refractivity contribution < 1.29 is 13.9 Å². The van der Waals surface area contributed by atoms with Crippen LogP contribution < -0.4 is 10.1 Å². The predicted molar refractivity (Wildman–Crippen MR) is 99.3 cm³/mol. The number of terminal acetylenes is 1. The standard InChI is InChI=1S/C19H20N2O3S/c1-2-15-5-3-6-16(11-15)24-14-18-13-21(8-10-23-18)19(25)20-12-17-7-4-9-22-17/h1,3-7,9,11,18H,8,10,12-14H2,(H,20,25). The number of benzene rings is 1. The molecule has 3 rings (SSSR count). The summed E-state index contributed by atoms with van der Waals surface area (Å²) in [6, 6.07) is 11.3. The van der Waals surface area contributed by atoms with Crippen molar-refractivity contribution in [1.29, 1.82) is 0 Å². The summed E-state index contributed by atoms with van der Waals surface area (Å²) in [5.74, 6) is 4.20. The van der Waals surface area contributed by atoms with Gasteiger partial charge in [-0.1, -0.05) is 12.0 Å². The monoisotopic (exact) mass is 356 g/mol. The molecule has 1 aromatic carbocycles. The molecule has 1 aliphatic rings. The summed E-state index contributed by atoms with van der Waals surface area (Å²) >= 11 is 5.47. The molecule has 0 spiro atoms. The zero-order valence-corrected chi connectivity index (χ0v) is 14.6. The fraction of sp³-hybridized carbons (Fsp3) is 0.316. The average molecular weight is 356 g/mol. The van der Waals surface area contributed by atoms with E-state index in [1.54, 1.807) is 6.26 Å². The van der Waals surface area contributed by atoms with Crippen molar-refractivity contribution in [3.63, 3.8) is 0 Å². The van der Waals surface area contributed by atoms with Crippen molar-refractivity contribution >= 4 is 17.3 Å². The summed E-state index contributed by atoms with van der Waals surface area (Å²) in [6.45, 7) is 3.07. The van der Waals surface area contributed by atoms with Crippen LogP contribution in [-0.4, -0.2) is 42.4 Å². The van der Waals surface area contributed by atoms with Crippen LogP contribution in [0.2, 0.25) is 0 Å². The Morgan fingerprint density at radius 1 is 1.40 bits per heavy atom. The lowest BCUT2D eigenvalue weighted by Gasteiger charge is -2.34. The molecule has 5 nitrogen and oxygen atoms in total. The topological polar surface area (TPSA) is 46.9 Å². The van der Waals surface area contributed by atoms with Gasteiger partial charge < -0.3 is 24.1 Å². The second-order valence-corrected chi connectivity index (χ2v) is 6.05. The Morgan fingerprint density at radius 2 is 2.32 bits per heavy atom. The minimum atomic E-state index is -0.0494. The van der Waals surface area contributed by atoms with E-state index in [2.05, 4.69) is 16.1 Å². The quantitative estimate of drug-likeness (QED) is 0.656. The number of thiocarbonyl (C=S) groups is 1. The first kappa shape index (κ1) is 17.3. The van der Waals surface area contributed by atoms with E-state index in [-0.39, 0.29) is 6.10 Å². The minimum Gasteiger partial charge on any atom is -0.491 e. The fourth-order valence-corrected chi connectivity index (χ4v) is 2.80. The SMILES string of the molecule is C#Cc1cccc(OCC2CN(C(=S)NCc3ccco3)CCO2)c1. The maximum absolute atomic E-state index is 5.81. The van der Waals surface area contributed by atoms with E-state index >= 15 is 0 Å². The molecule has 2 heterocycles. The van der Waals surface area contributed by atoms with Crippen molar-refractivity contribution in [3.8, 4) is 18.1 Å². The molecule has 0 radical (unpaired) electrons. The number of morpholine rings is 1. The first-order valence-corrected chi connectivity index (χ1v) is 8.51. The summed E-state index contributed by atoms with van der Waals surface area (Å²) < 4.78 is 16.9. The molecule has 1 aromatic heterocycles. The van der Waals surface area contributed by atoms with Gasteiger partial charge in [0.05, 0.1) is 19.4 Å². The van der Waals surface area contributed by atoms with Gasteiger partial charge in [0.15, 0.2) is 5.11 Å². The lowest BCUT2D eigenvalue weighted by molar-refractivity contribution is -0.0288. The zero-order valence-electron chi connectivity index (χ0n) is 13.8. The third kappa shape index (κ3) is 4.99. The summed E-state index contributed by atoms with van der Waals surface area (Å²) in [4.78, 5) is 2.09. The van der Waals surface area contributed by atoms with Gasteiger partial charge in [-0.2, -0.15) is 0 Å². The molecule has 0 amide bonds. The molecule has 1 atom stereocenters.